The third-order valence-electron chi connectivity index (χ3n) is 7.34. The summed E-state index contributed by atoms with van der Waals surface area (Å²) < 4.78 is 14.9. The van der Waals surface area contributed by atoms with Gasteiger partial charge in [-0.3, -0.25) is 9.36 Å². The van der Waals surface area contributed by atoms with Crippen LogP contribution in [-0.4, -0.2) is 17.8 Å². The van der Waals surface area contributed by atoms with Crippen LogP contribution in [0.15, 0.2) is 104 Å². The quantitative estimate of drug-likeness (QED) is 0.221. The van der Waals surface area contributed by atoms with E-state index in [2.05, 4.69) is 46.3 Å². The van der Waals surface area contributed by atoms with Crippen molar-refractivity contribution in [1.29, 1.82) is 0 Å². The first-order chi connectivity index (χ1) is 20.0. The van der Waals surface area contributed by atoms with E-state index in [4.69, 9.17) is 14.5 Å². The third kappa shape index (κ3) is 5.74. The predicted octanol–water partition coefficient (Wildman–Crippen LogP) is 7.04. The Kier molecular flexibility index (Phi) is 8.08. The third-order valence-corrected chi connectivity index (χ3v) is 8.85. The molecule has 7 heteroatoms. The average molecular weight is 628 g/mol. The molecule has 1 aliphatic heterocycles. The molecule has 5 nitrogen and oxygen atoms in total. The van der Waals surface area contributed by atoms with Crippen molar-refractivity contribution in [3.05, 3.63) is 130 Å². The molecule has 0 fully saturated rings. The maximum atomic E-state index is 14.0. The van der Waals surface area contributed by atoms with Crippen molar-refractivity contribution in [2.45, 2.75) is 39.2 Å². The molecule has 2 heterocycles. The number of ether oxygens (including phenoxy) is 2. The molecule has 41 heavy (non-hydrogen) atoms. The van der Waals surface area contributed by atoms with E-state index in [1.165, 1.54) is 22.5 Å². The number of nitrogens with zero attached hydrogens (tertiary/aromatic N) is 2. The molecule has 0 amide bonds. The van der Waals surface area contributed by atoms with Crippen LogP contribution in [-0.2, 0) is 0 Å². The number of allylic oxidation sites excluding steroid dienone is 2. The Hall–Kier alpha value is -3.68. The van der Waals surface area contributed by atoms with E-state index >= 15 is 0 Å². The van der Waals surface area contributed by atoms with Gasteiger partial charge in [0.2, 0.25) is 0 Å². The highest BCUT2D eigenvalue weighted by Gasteiger charge is 2.32. The van der Waals surface area contributed by atoms with Crippen molar-refractivity contribution in [2.75, 3.05) is 13.2 Å². The van der Waals surface area contributed by atoms with Gasteiger partial charge in [0.25, 0.3) is 5.56 Å². The lowest BCUT2D eigenvalue weighted by molar-refractivity contribution is 0.340. The number of hydrogen-bond donors (Lipinski definition) is 0. The molecule has 0 spiro atoms. The monoisotopic (exact) mass is 626 g/mol. The summed E-state index contributed by atoms with van der Waals surface area (Å²) in [5.41, 5.74) is 6.57. The SMILES string of the molecule is CCOc1ccc(/C=C2\CCCC3=C2N=c2s/c(=C/c4ccc(Br)cc4)c(=O)n2[C@@H]3c2ccc(OCC)cc2)cc1. The average Bonchev–Trinajstić information content (AvgIpc) is 3.29. The summed E-state index contributed by atoms with van der Waals surface area (Å²) in [7, 11) is 0. The lowest BCUT2D eigenvalue weighted by Crippen LogP contribution is -2.39. The van der Waals surface area contributed by atoms with Crippen molar-refractivity contribution < 1.29 is 9.47 Å². The van der Waals surface area contributed by atoms with Crippen molar-refractivity contribution >= 4 is 39.4 Å². The Bertz CT molecular complexity index is 1800. The van der Waals surface area contributed by atoms with Gasteiger partial charge in [-0.05, 0) is 109 Å². The fraction of sp³-hybridized carbons (Fsp3) is 0.235. The van der Waals surface area contributed by atoms with Gasteiger partial charge in [-0.1, -0.05) is 63.7 Å². The summed E-state index contributed by atoms with van der Waals surface area (Å²) in [5, 5.41) is 0. The van der Waals surface area contributed by atoms with Crippen LogP contribution in [0.5, 0.6) is 11.5 Å². The number of rotatable bonds is 7. The smallest absolute Gasteiger partial charge is 0.271 e. The fourth-order valence-electron chi connectivity index (χ4n) is 5.51. The molecule has 3 aromatic carbocycles. The number of fused-ring (bicyclic) bond motifs is 1. The Morgan fingerprint density at radius 2 is 1.49 bits per heavy atom. The zero-order valence-corrected chi connectivity index (χ0v) is 25.5. The minimum atomic E-state index is -0.215. The number of benzene rings is 3. The molecule has 0 saturated heterocycles. The van der Waals surface area contributed by atoms with Crippen LogP contribution in [0, 0.1) is 0 Å². The van der Waals surface area contributed by atoms with Gasteiger partial charge < -0.3 is 9.47 Å². The topological polar surface area (TPSA) is 52.8 Å². The summed E-state index contributed by atoms with van der Waals surface area (Å²) >= 11 is 4.95. The Labute approximate surface area is 251 Å². The molecule has 0 bridgehead atoms. The van der Waals surface area contributed by atoms with E-state index < -0.39 is 0 Å². The van der Waals surface area contributed by atoms with Crippen molar-refractivity contribution in [3.63, 3.8) is 0 Å². The molecule has 0 unspecified atom stereocenters. The molecule has 0 radical (unpaired) electrons. The van der Waals surface area contributed by atoms with Gasteiger partial charge in [0, 0.05) is 4.47 Å². The fourth-order valence-corrected chi connectivity index (χ4v) is 6.77. The zero-order valence-electron chi connectivity index (χ0n) is 23.1. The first kappa shape index (κ1) is 27.5. The summed E-state index contributed by atoms with van der Waals surface area (Å²) in [4.78, 5) is 19.9. The minimum absolute atomic E-state index is 0.00952. The number of hydrogen-bond acceptors (Lipinski definition) is 5. The minimum Gasteiger partial charge on any atom is -0.494 e. The van der Waals surface area contributed by atoms with E-state index in [0.717, 1.165) is 62.4 Å². The van der Waals surface area contributed by atoms with Crippen LogP contribution in [0.25, 0.3) is 12.2 Å². The van der Waals surface area contributed by atoms with Crippen LogP contribution in [0.3, 0.4) is 0 Å². The number of halogens is 1. The maximum Gasteiger partial charge on any atom is 0.271 e. The van der Waals surface area contributed by atoms with Crippen LogP contribution in [0.2, 0.25) is 0 Å². The van der Waals surface area contributed by atoms with Crippen molar-refractivity contribution in [3.8, 4) is 11.5 Å². The highest BCUT2D eigenvalue weighted by molar-refractivity contribution is 9.10. The van der Waals surface area contributed by atoms with E-state index in [-0.39, 0.29) is 11.6 Å². The predicted molar refractivity (Wildman–Crippen MR) is 169 cm³/mol. The lowest BCUT2D eigenvalue weighted by Gasteiger charge is -2.31. The van der Waals surface area contributed by atoms with Gasteiger partial charge in [-0.2, -0.15) is 0 Å². The van der Waals surface area contributed by atoms with Gasteiger partial charge in [-0.15, -0.1) is 0 Å². The van der Waals surface area contributed by atoms with E-state index in [1.807, 2.05) is 73.0 Å². The summed E-state index contributed by atoms with van der Waals surface area (Å²) in [6.07, 6.45) is 7.05. The molecule has 1 atom stereocenters. The molecule has 4 aromatic rings. The van der Waals surface area contributed by atoms with Gasteiger partial charge in [0.1, 0.15) is 11.5 Å². The molecule has 2 aliphatic rings. The van der Waals surface area contributed by atoms with Gasteiger partial charge in [-0.25, -0.2) is 4.99 Å². The summed E-state index contributed by atoms with van der Waals surface area (Å²) in [6, 6.07) is 24.1. The molecular weight excluding hydrogens is 596 g/mol. The molecular formula is C34H31BrN2O3S. The van der Waals surface area contributed by atoms with E-state index in [0.29, 0.717) is 17.7 Å². The Morgan fingerprint density at radius 3 is 2.15 bits per heavy atom. The zero-order chi connectivity index (χ0) is 28.3. The first-order valence-corrected chi connectivity index (χ1v) is 15.6. The molecule has 1 aromatic heterocycles. The van der Waals surface area contributed by atoms with Crippen LogP contribution in [0.4, 0.5) is 0 Å². The summed E-state index contributed by atoms with van der Waals surface area (Å²) in [6.45, 7) is 5.23. The van der Waals surface area contributed by atoms with Crippen LogP contribution in [0.1, 0.15) is 55.8 Å². The number of aromatic nitrogens is 1. The van der Waals surface area contributed by atoms with Crippen molar-refractivity contribution in [2.24, 2.45) is 4.99 Å². The second-order valence-electron chi connectivity index (χ2n) is 10.0. The summed E-state index contributed by atoms with van der Waals surface area (Å²) in [5.74, 6) is 1.70. The van der Waals surface area contributed by atoms with Crippen LogP contribution < -0.4 is 24.4 Å². The normalized spacial score (nSPS) is 17.7. The Balaban J connectivity index is 1.51. The highest BCUT2D eigenvalue weighted by atomic mass is 79.9. The van der Waals surface area contributed by atoms with Gasteiger partial charge in [0.15, 0.2) is 4.80 Å². The van der Waals surface area contributed by atoms with E-state index in [9.17, 15) is 4.79 Å². The standard InChI is InChI=1S/C34H31BrN2O3S/c1-3-39-27-16-10-22(11-17-27)20-25-6-5-7-29-31(25)36-34-37(32(29)24-12-18-28(19-13-24)40-4-2)33(38)30(41-34)21-23-8-14-26(35)15-9-23/h8-21,32H,3-7H2,1-2H3/b25-20+,30-21+/t32-/m1/s1. The molecule has 0 saturated carbocycles. The molecule has 0 N–H and O–H groups in total. The first-order valence-electron chi connectivity index (χ1n) is 14.0. The molecule has 208 valence electrons. The largest absolute Gasteiger partial charge is 0.494 e. The lowest BCUT2D eigenvalue weighted by atomic mass is 9.84. The van der Waals surface area contributed by atoms with Crippen molar-refractivity contribution in [1.82, 2.24) is 4.57 Å². The van der Waals surface area contributed by atoms with Gasteiger partial charge in [0.05, 0.1) is 29.5 Å². The number of thiazole rings is 1. The Morgan fingerprint density at radius 1 is 0.878 bits per heavy atom. The second-order valence-corrected chi connectivity index (χ2v) is 12.0. The molecule has 1 aliphatic carbocycles. The maximum absolute atomic E-state index is 14.0. The second kappa shape index (κ2) is 12.0. The van der Waals surface area contributed by atoms with Gasteiger partial charge >= 0.3 is 0 Å². The highest BCUT2D eigenvalue weighted by Crippen LogP contribution is 2.41. The van der Waals surface area contributed by atoms with Crippen LogP contribution >= 0.6 is 27.3 Å². The van der Waals surface area contributed by atoms with E-state index in [1.54, 1.807) is 0 Å². The molecule has 6 rings (SSSR count).